The molecule has 6 nitrogen and oxygen atoms in total. The SMILES string of the molecule is N#Cc1ccc(-c2cccnc2)c(S(N)(=O)=O)c1OC(c1ccc(F)cc1)c1cccs1. The van der Waals surface area contributed by atoms with Crippen LogP contribution in [0.2, 0.25) is 0 Å². The zero-order valence-electron chi connectivity index (χ0n) is 16.5. The van der Waals surface area contributed by atoms with Crippen LogP contribution in [-0.2, 0) is 10.0 Å². The van der Waals surface area contributed by atoms with E-state index < -0.39 is 21.9 Å². The second-order valence-electron chi connectivity index (χ2n) is 6.78. The zero-order chi connectivity index (χ0) is 22.7. The molecule has 0 saturated heterocycles. The molecule has 0 aliphatic heterocycles. The number of sulfonamides is 1. The van der Waals surface area contributed by atoms with Crippen molar-refractivity contribution >= 4 is 21.4 Å². The number of pyridine rings is 1. The summed E-state index contributed by atoms with van der Waals surface area (Å²) < 4.78 is 45.1. The number of hydrogen-bond acceptors (Lipinski definition) is 6. The number of nitrogens with two attached hydrogens (primary N) is 1. The van der Waals surface area contributed by atoms with Gasteiger partial charge in [0, 0.05) is 28.4 Å². The zero-order valence-corrected chi connectivity index (χ0v) is 18.1. The van der Waals surface area contributed by atoms with Crippen molar-refractivity contribution in [1.82, 2.24) is 4.98 Å². The van der Waals surface area contributed by atoms with E-state index in [2.05, 4.69) is 4.98 Å². The molecule has 2 aromatic heterocycles. The van der Waals surface area contributed by atoms with E-state index in [-0.39, 0.29) is 21.8 Å². The quantitative estimate of drug-likeness (QED) is 0.447. The molecule has 0 radical (unpaired) electrons. The second kappa shape index (κ2) is 8.88. The normalized spacial score (nSPS) is 12.2. The lowest BCUT2D eigenvalue weighted by Gasteiger charge is -2.22. The number of rotatable bonds is 6. The molecule has 0 aliphatic rings. The van der Waals surface area contributed by atoms with E-state index in [0.717, 1.165) is 4.88 Å². The summed E-state index contributed by atoms with van der Waals surface area (Å²) >= 11 is 1.38. The Kier molecular flexibility index (Phi) is 6.01. The van der Waals surface area contributed by atoms with Crippen molar-refractivity contribution in [3.05, 3.63) is 100 Å². The maximum Gasteiger partial charge on any atom is 0.242 e. The van der Waals surface area contributed by atoms with Crippen molar-refractivity contribution in [2.24, 2.45) is 5.14 Å². The lowest BCUT2D eigenvalue weighted by Crippen LogP contribution is -2.18. The molecule has 0 bridgehead atoms. The van der Waals surface area contributed by atoms with E-state index in [9.17, 15) is 18.1 Å². The van der Waals surface area contributed by atoms with E-state index in [4.69, 9.17) is 9.88 Å². The van der Waals surface area contributed by atoms with E-state index in [1.165, 1.54) is 41.8 Å². The maximum atomic E-state index is 13.5. The Morgan fingerprint density at radius 3 is 2.47 bits per heavy atom. The smallest absolute Gasteiger partial charge is 0.242 e. The minimum absolute atomic E-state index is 0.00494. The van der Waals surface area contributed by atoms with Crippen LogP contribution in [0.25, 0.3) is 11.1 Å². The number of nitriles is 1. The summed E-state index contributed by atoms with van der Waals surface area (Å²) in [6.07, 6.45) is 2.27. The fraction of sp³-hybridized carbons (Fsp3) is 0.0435. The minimum atomic E-state index is -4.31. The Morgan fingerprint density at radius 2 is 1.88 bits per heavy atom. The molecule has 32 heavy (non-hydrogen) atoms. The van der Waals surface area contributed by atoms with Crippen molar-refractivity contribution < 1.29 is 17.5 Å². The molecule has 0 saturated carbocycles. The second-order valence-corrected chi connectivity index (χ2v) is 9.26. The van der Waals surface area contributed by atoms with E-state index in [0.29, 0.717) is 11.1 Å². The number of primary sulfonamides is 1. The Hall–Kier alpha value is -3.58. The molecule has 0 spiro atoms. The van der Waals surface area contributed by atoms with Crippen LogP contribution in [0.1, 0.15) is 22.1 Å². The maximum absolute atomic E-state index is 13.5. The van der Waals surface area contributed by atoms with Crippen LogP contribution in [-0.4, -0.2) is 13.4 Å². The summed E-state index contributed by atoms with van der Waals surface area (Å²) in [4.78, 5) is 4.47. The first kappa shape index (κ1) is 21.6. The number of halogens is 1. The van der Waals surface area contributed by atoms with Gasteiger partial charge in [-0.1, -0.05) is 30.3 Å². The van der Waals surface area contributed by atoms with E-state index in [1.807, 2.05) is 23.6 Å². The molecule has 0 aliphatic carbocycles. The molecule has 4 aromatic rings. The average Bonchev–Trinajstić information content (AvgIpc) is 3.32. The first-order chi connectivity index (χ1) is 15.4. The fourth-order valence-corrected chi connectivity index (χ4v) is 4.97. The molecule has 1 atom stereocenters. The molecule has 1 unspecified atom stereocenters. The fourth-order valence-electron chi connectivity index (χ4n) is 3.29. The number of aromatic nitrogens is 1. The molecule has 0 amide bonds. The van der Waals surface area contributed by atoms with Gasteiger partial charge < -0.3 is 4.74 Å². The van der Waals surface area contributed by atoms with E-state index in [1.54, 1.807) is 30.5 Å². The third kappa shape index (κ3) is 4.38. The highest BCUT2D eigenvalue weighted by atomic mass is 32.2. The topological polar surface area (TPSA) is 106 Å². The summed E-state index contributed by atoms with van der Waals surface area (Å²) in [5.74, 6) is -0.584. The molecule has 2 aromatic carbocycles. The Bertz CT molecular complexity index is 1380. The molecule has 9 heteroatoms. The third-order valence-electron chi connectivity index (χ3n) is 4.70. The highest BCUT2D eigenvalue weighted by Crippen LogP contribution is 2.40. The molecular formula is C23H16FN3O3S2. The van der Waals surface area contributed by atoms with Gasteiger partial charge in [0.2, 0.25) is 10.0 Å². The number of thiophene rings is 1. The predicted octanol–water partition coefficient (Wildman–Crippen LogP) is 4.64. The number of nitrogens with zero attached hydrogens (tertiary/aromatic N) is 2. The van der Waals surface area contributed by atoms with Gasteiger partial charge in [-0.3, -0.25) is 4.98 Å². The first-order valence-electron chi connectivity index (χ1n) is 9.34. The minimum Gasteiger partial charge on any atom is -0.477 e. The van der Waals surface area contributed by atoms with Gasteiger partial charge in [0.15, 0.2) is 11.9 Å². The van der Waals surface area contributed by atoms with Gasteiger partial charge in [0.1, 0.15) is 16.8 Å². The summed E-state index contributed by atoms with van der Waals surface area (Å²) in [7, 11) is -4.31. The first-order valence-corrected chi connectivity index (χ1v) is 11.8. The van der Waals surface area contributed by atoms with Gasteiger partial charge in [-0.05, 0) is 41.3 Å². The highest BCUT2D eigenvalue weighted by molar-refractivity contribution is 7.89. The third-order valence-corrected chi connectivity index (χ3v) is 6.59. The van der Waals surface area contributed by atoms with Gasteiger partial charge in [0.25, 0.3) is 0 Å². The molecule has 4 rings (SSSR count). The number of benzene rings is 2. The van der Waals surface area contributed by atoms with E-state index >= 15 is 0 Å². The van der Waals surface area contributed by atoms with Crippen molar-refractivity contribution in [2.75, 3.05) is 0 Å². The van der Waals surface area contributed by atoms with Crippen LogP contribution in [0, 0.1) is 17.1 Å². The predicted molar refractivity (Wildman–Crippen MR) is 119 cm³/mol. The van der Waals surface area contributed by atoms with Crippen LogP contribution < -0.4 is 9.88 Å². The lowest BCUT2D eigenvalue weighted by atomic mass is 10.0. The van der Waals surface area contributed by atoms with Crippen LogP contribution in [0.15, 0.2) is 83.3 Å². The lowest BCUT2D eigenvalue weighted by molar-refractivity contribution is 0.243. The van der Waals surface area contributed by atoms with Gasteiger partial charge in [-0.25, -0.2) is 17.9 Å². The highest BCUT2D eigenvalue weighted by Gasteiger charge is 2.28. The van der Waals surface area contributed by atoms with Crippen LogP contribution >= 0.6 is 11.3 Å². The molecule has 160 valence electrons. The Labute approximate surface area is 188 Å². The molecule has 0 fully saturated rings. The van der Waals surface area contributed by atoms with Crippen molar-refractivity contribution in [1.29, 1.82) is 5.26 Å². The average molecular weight is 466 g/mol. The van der Waals surface area contributed by atoms with Gasteiger partial charge >= 0.3 is 0 Å². The van der Waals surface area contributed by atoms with Gasteiger partial charge in [0.05, 0.1) is 5.56 Å². The van der Waals surface area contributed by atoms with Crippen molar-refractivity contribution in [3.63, 3.8) is 0 Å². The van der Waals surface area contributed by atoms with Crippen LogP contribution in [0.3, 0.4) is 0 Å². The Morgan fingerprint density at radius 1 is 1.09 bits per heavy atom. The molecule has 2 heterocycles. The standard InChI is InChI=1S/C23H16FN3O3S2/c24-18-8-5-15(6-9-18)21(20-4-2-12-31-20)30-22-16(13-25)7-10-19(23(22)32(26,28)29)17-3-1-11-27-14-17/h1-12,14,21H,(H2,26,28,29). The van der Waals surface area contributed by atoms with Gasteiger partial charge in [-0.15, -0.1) is 11.3 Å². The summed E-state index contributed by atoms with van der Waals surface area (Å²) in [6, 6.07) is 17.6. The molecule has 2 N–H and O–H groups in total. The van der Waals surface area contributed by atoms with Crippen LogP contribution in [0.4, 0.5) is 4.39 Å². The number of ether oxygens (including phenoxy) is 1. The summed E-state index contributed by atoms with van der Waals surface area (Å²) in [5.41, 5.74) is 1.36. The summed E-state index contributed by atoms with van der Waals surface area (Å²) in [6.45, 7) is 0. The Balaban J connectivity index is 1.95. The monoisotopic (exact) mass is 465 g/mol. The van der Waals surface area contributed by atoms with Gasteiger partial charge in [-0.2, -0.15) is 5.26 Å². The van der Waals surface area contributed by atoms with Crippen LogP contribution in [0.5, 0.6) is 5.75 Å². The van der Waals surface area contributed by atoms with Crippen molar-refractivity contribution in [2.45, 2.75) is 11.0 Å². The summed E-state index contributed by atoms with van der Waals surface area (Å²) in [5, 5.41) is 17.1. The van der Waals surface area contributed by atoms with Crippen molar-refractivity contribution in [3.8, 4) is 22.9 Å². The number of hydrogen-bond donors (Lipinski definition) is 1. The largest absolute Gasteiger partial charge is 0.477 e. The molecular weight excluding hydrogens is 449 g/mol.